The van der Waals surface area contributed by atoms with Crippen molar-refractivity contribution in [2.24, 2.45) is 0 Å². The van der Waals surface area contributed by atoms with Gasteiger partial charge in [0.2, 0.25) is 0 Å². The van der Waals surface area contributed by atoms with E-state index in [1.54, 1.807) is 0 Å². The summed E-state index contributed by atoms with van der Waals surface area (Å²) in [6, 6.07) is 43.1. The molecule has 1 aromatic heterocycles. The van der Waals surface area contributed by atoms with Crippen LogP contribution in [0.1, 0.15) is 38.8 Å². The van der Waals surface area contributed by atoms with Gasteiger partial charge in [-0.2, -0.15) is 0 Å². The van der Waals surface area contributed by atoms with Gasteiger partial charge in [0.25, 0.3) is 0 Å². The van der Waals surface area contributed by atoms with E-state index in [2.05, 4.69) is 119 Å². The standard InChI is InChI=1S/C38H32N2/c1-37(2)31-15-9-8-14-29(31)30-24-28(22-23-32(30)38(37,3)4)36-35(39-33-16-10-11-17-34(33)40-36)27-20-18-26(19-21-27)25-12-6-5-7-13-25/h5-24H,1-4H3. The van der Waals surface area contributed by atoms with Crippen LogP contribution in [0, 0.1) is 0 Å². The highest BCUT2D eigenvalue weighted by atomic mass is 14.8. The molecule has 0 radical (unpaired) electrons. The molecule has 1 heterocycles. The summed E-state index contributed by atoms with van der Waals surface area (Å²) >= 11 is 0. The maximum Gasteiger partial charge on any atom is 0.0973 e. The summed E-state index contributed by atoms with van der Waals surface area (Å²) in [4.78, 5) is 10.4. The van der Waals surface area contributed by atoms with E-state index in [1.807, 2.05) is 30.3 Å². The lowest BCUT2D eigenvalue weighted by atomic mass is 9.55. The second-order valence-corrected chi connectivity index (χ2v) is 11.9. The van der Waals surface area contributed by atoms with Crippen LogP contribution in [0.25, 0.3) is 55.8 Å². The highest BCUT2D eigenvalue weighted by Crippen LogP contribution is 2.54. The third kappa shape index (κ3) is 3.71. The minimum absolute atomic E-state index is 0.00647. The highest BCUT2D eigenvalue weighted by Gasteiger charge is 2.45. The Kier molecular flexibility index (Phi) is 5.50. The zero-order valence-corrected chi connectivity index (χ0v) is 23.4. The van der Waals surface area contributed by atoms with Crippen molar-refractivity contribution in [3.63, 3.8) is 0 Å². The normalized spacial score (nSPS) is 14.9. The Hall–Kier alpha value is -4.56. The predicted octanol–water partition coefficient (Wildman–Crippen LogP) is 9.87. The maximum absolute atomic E-state index is 5.21. The lowest BCUT2D eigenvalue weighted by molar-refractivity contribution is 0.299. The van der Waals surface area contributed by atoms with Gasteiger partial charge in [-0.25, -0.2) is 9.97 Å². The Bertz CT molecular complexity index is 1880. The number of nitrogens with zero attached hydrogens (tertiary/aromatic N) is 2. The SMILES string of the molecule is CC1(C)c2ccccc2-c2cc(-c3nc4ccccc4nc3-c3ccc(-c4ccccc4)cc3)ccc2C1(C)C. The Morgan fingerprint density at radius 2 is 0.875 bits per heavy atom. The van der Waals surface area contributed by atoms with Crippen molar-refractivity contribution in [3.8, 4) is 44.8 Å². The first-order valence-electron chi connectivity index (χ1n) is 14.0. The molecule has 2 nitrogen and oxygen atoms in total. The molecule has 6 aromatic rings. The van der Waals surface area contributed by atoms with E-state index in [0.717, 1.165) is 33.5 Å². The van der Waals surface area contributed by atoms with Gasteiger partial charge in [-0.1, -0.05) is 131 Å². The summed E-state index contributed by atoms with van der Waals surface area (Å²) in [5, 5.41) is 0. The number of aromatic nitrogens is 2. The van der Waals surface area contributed by atoms with Crippen LogP contribution in [0.3, 0.4) is 0 Å². The van der Waals surface area contributed by atoms with Crippen molar-refractivity contribution in [1.82, 2.24) is 9.97 Å². The van der Waals surface area contributed by atoms with E-state index >= 15 is 0 Å². The van der Waals surface area contributed by atoms with Gasteiger partial charge in [-0.05, 0) is 62.4 Å². The molecule has 0 unspecified atom stereocenters. The third-order valence-corrected chi connectivity index (χ3v) is 9.26. The molecule has 1 aliphatic carbocycles. The largest absolute Gasteiger partial charge is 0.244 e. The Balaban J connectivity index is 1.43. The van der Waals surface area contributed by atoms with Gasteiger partial charge in [0.05, 0.1) is 22.4 Å². The summed E-state index contributed by atoms with van der Waals surface area (Å²) in [7, 11) is 0. The zero-order valence-electron chi connectivity index (χ0n) is 23.4. The van der Waals surface area contributed by atoms with E-state index < -0.39 is 0 Å². The fraction of sp³-hybridized carbons (Fsp3) is 0.158. The first-order chi connectivity index (χ1) is 19.3. The molecule has 0 amide bonds. The van der Waals surface area contributed by atoms with Crippen LogP contribution in [-0.4, -0.2) is 9.97 Å². The molecule has 0 atom stereocenters. The van der Waals surface area contributed by atoms with Crippen molar-refractivity contribution in [2.75, 3.05) is 0 Å². The third-order valence-electron chi connectivity index (χ3n) is 9.26. The van der Waals surface area contributed by atoms with E-state index in [-0.39, 0.29) is 10.8 Å². The van der Waals surface area contributed by atoms with Crippen LogP contribution in [0.2, 0.25) is 0 Å². The summed E-state index contributed by atoms with van der Waals surface area (Å²) in [5.41, 5.74) is 13.5. The first kappa shape index (κ1) is 24.5. The summed E-state index contributed by atoms with van der Waals surface area (Å²) in [6.45, 7) is 9.48. The van der Waals surface area contributed by atoms with Gasteiger partial charge in [0.1, 0.15) is 0 Å². The Morgan fingerprint density at radius 1 is 0.400 bits per heavy atom. The molecule has 0 fully saturated rings. The fourth-order valence-electron chi connectivity index (χ4n) is 6.25. The summed E-state index contributed by atoms with van der Waals surface area (Å²) in [6.07, 6.45) is 0. The van der Waals surface area contributed by atoms with Crippen molar-refractivity contribution in [3.05, 3.63) is 132 Å². The monoisotopic (exact) mass is 516 g/mol. The molecule has 0 saturated carbocycles. The molecule has 194 valence electrons. The van der Waals surface area contributed by atoms with Crippen LogP contribution in [-0.2, 0) is 10.8 Å². The highest BCUT2D eigenvalue weighted by molar-refractivity contribution is 5.89. The smallest absolute Gasteiger partial charge is 0.0973 e. The van der Waals surface area contributed by atoms with Crippen LogP contribution in [0.4, 0.5) is 0 Å². The van der Waals surface area contributed by atoms with Gasteiger partial charge in [-0.3, -0.25) is 0 Å². The zero-order chi connectivity index (χ0) is 27.5. The van der Waals surface area contributed by atoms with Crippen LogP contribution < -0.4 is 0 Å². The lowest BCUT2D eigenvalue weighted by Gasteiger charge is -2.48. The second kappa shape index (κ2) is 8.99. The van der Waals surface area contributed by atoms with E-state index in [4.69, 9.17) is 9.97 Å². The molecule has 2 heteroatoms. The molecule has 1 aliphatic rings. The molecular formula is C38H32N2. The van der Waals surface area contributed by atoms with E-state index in [9.17, 15) is 0 Å². The van der Waals surface area contributed by atoms with Crippen LogP contribution >= 0.6 is 0 Å². The molecule has 0 spiro atoms. The van der Waals surface area contributed by atoms with Gasteiger partial charge >= 0.3 is 0 Å². The molecular weight excluding hydrogens is 484 g/mol. The predicted molar refractivity (Wildman–Crippen MR) is 167 cm³/mol. The van der Waals surface area contributed by atoms with Gasteiger partial charge in [0, 0.05) is 11.1 Å². The van der Waals surface area contributed by atoms with E-state index in [1.165, 1.54) is 33.4 Å². The number of benzene rings is 5. The summed E-state index contributed by atoms with van der Waals surface area (Å²) < 4.78 is 0. The molecule has 0 saturated heterocycles. The Morgan fingerprint density at radius 3 is 1.55 bits per heavy atom. The fourth-order valence-corrected chi connectivity index (χ4v) is 6.25. The number of hydrogen-bond acceptors (Lipinski definition) is 2. The van der Waals surface area contributed by atoms with Crippen molar-refractivity contribution in [2.45, 2.75) is 38.5 Å². The van der Waals surface area contributed by atoms with Crippen molar-refractivity contribution in [1.29, 1.82) is 0 Å². The van der Waals surface area contributed by atoms with E-state index in [0.29, 0.717) is 0 Å². The number of hydrogen-bond donors (Lipinski definition) is 0. The number of para-hydroxylation sites is 2. The molecule has 0 aliphatic heterocycles. The Labute approximate surface area is 236 Å². The minimum Gasteiger partial charge on any atom is -0.244 e. The van der Waals surface area contributed by atoms with Gasteiger partial charge < -0.3 is 0 Å². The second-order valence-electron chi connectivity index (χ2n) is 11.9. The van der Waals surface area contributed by atoms with Crippen LogP contribution in [0.15, 0.2) is 121 Å². The minimum atomic E-state index is -0.0274. The van der Waals surface area contributed by atoms with Gasteiger partial charge in [-0.15, -0.1) is 0 Å². The number of fused-ring (bicyclic) bond motifs is 4. The quantitative estimate of drug-likeness (QED) is 0.234. The lowest BCUT2D eigenvalue weighted by Crippen LogP contribution is -2.43. The molecule has 7 rings (SSSR count). The van der Waals surface area contributed by atoms with Gasteiger partial charge in [0.15, 0.2) is 0 Å². The molecule has 0 bridgehead atoms. The molecule has 40 heavy (non-hydrogen) atoms. The average Bonchev–Trinajstić information content (AvgIpc) is 3.00. The van der Waals surface area contributed by atoms with Crippen LogP contribution in [0.5, 0.6) is 0 Å². The number of rotatable bonds is 3. The topological polar surface area (TPSA) is 25.8 Å². The van der Waals surface area contributed by atoms with Crippen molar-refractivity contribution >= 4 is 11.0 Å². The van der Waals surface area contributed by atoms with Crippen molar-refractivity contribution < 1.29 is 0 Å². The summed E-state index contributed by atoms with van der Waals surface area (Å²) in [5.74, 6) is 0. The first-order valence-corrected chi connectivity index (χ1v) is 14.0. The average molecular weight is 517 g/mol. The molecule has 5 aromatic carbocycles. The molecule has 0 N–H and O–H groups in total. The maximum atomic E-state index is 5.21.